The molecule has 1 atom stereocenters. The third kappa shape index (κ3) is 3.09. The second-order valence-corrected chi connectivity index (χ2v) is 5.05. The van der Waals surface area contributed by atoms with E-state index >= 15 is 0 Å². The number of carbonyl (C=O) groups is 1. The summed E-state index contributed by atoms with van der Waals surface area (Å²) in [6.07, 6.45) is 0.721. The van der Waals surface area contributed by atoms with Crippen LogP contribution in [0.15, 0.2) is 0 Å². The zero-order valence-electron chi connectivity index (χ0n) is 11.7. The zero-order valence-corrected chi connectivity index (χ0v) is 12.5. The Balaban J connectivity index is 2.22. The highest BCUT2D eigenvalue weighted by Gasteiger charge is 2.29. The topological polar surface area (TPSA) is 88.2 Å². The minimum absolute atomic E-state index is 0.151. The fraction of sp³-hybridized carbons (Fsp3) is 0.667. The first-order valence-corrected chi connectivity index (χ1v) is 7.13. The fourth-order valence-electron chi connectivity index (χ4n) is 2.29. The van der Waals surface area contributed by atoms with Gasteiger partial charge in [0.05, 0.1) is 5.92 Å². The number of halogens is 1. The molecule has 0 saturated carbocycles. The summed E-state index contributed by atoms with van der Waals surface area (Å²) >= 11 is 5.98. The van der Waals surface area contributed by atoms with E-state index in [1.54, 1.807) is 0 Å². The standard InChI is InChI=1S/C12H19ClN6O/c1-3-18(4-2)11-15-10(13)16-12(17-11)19-6-5-8(7-19)9(14)20/h8H,3-7H2,1-2H3,(H2,14,20). The minimum atomic E-state index is -0.281. The Morgan fingerprint density at radius 1 is 1.40 bits per heavy atom. The van der Waals surface area contributed by atoms with Gasteiger partial charge in [-0.1, -0.05) is 0 Å². The minimum Gasteiger partial charge on any atom is -0.369 e. The van der Waals surface area contributed by atoms with Crippen molar-refractivity contribution >= 4 is 29.4 Å². The highest BCUT2D eigenvalue weighted by molar-refractivity contribution is 6.28. The molecule has 0 aromatic carbocycles. The number of rotatable bonds is 5. The van der Waals surface area contributed by atoms with Gasteiger partial charge in [-0.2, -0.15) is 15.0 Å². The van der Waals surface area contributed by atoms with Crippen LogP contribution in [0.3, 0.4) is 0 Å². The number of nitrogens with zero attached hydrogens (tertiary/aromatic N) is 5. The van der Waals surface area contributed by atoms with Gasteiger partial charge in [-0.05, 0) is 31.9 Å². The summed E-state index contributed by atoms with van der Waals surface area (Å²) in [5.41, 5.74) is 5.34. The van der Waals surface area contributed by atoms with Gasteiger partial charge in [-0.15, -0.1) is 0 Å². The van der Waals surface area contributed by atoms with Gasteiger partial charge in [0.1, 0.15) is 0 Å². The van der Waals surface area contributed by atoms with Gasteiger partial charge in [-0.25, -0.2) is 0 Å². The van der Waals surface area contributed by atoms with Crippen LogP contribution in [0.5, 0.6) is 0 Å². The Morgan fingerprint density at radius 3 is 2.65 bits per heavy atom. The lowest BCUT2D eigenvalue weighted by Gasteiger charge is -2.21. The summed E-state index contributed by atoms with van der Waals surface area (Å²) in [6.45, 7) is 6.87. The van der Waals surface area contributed by atoms with Gasteiger partial charge in [0, 0.05) is 26.2 Å². The lowest BCUT2D eigenvalue weighted by Crippen LogP contribution is -2.29. The van der Waals surface area contributed by atoms with E-state index in [1.807, 2.05) is 23.6 Å². The molecule has 1 fully saturated rings. The molecule has 1 aliphatic rings. The predicted molar refractivity (Wildman–Crippen MR) is 77.9 cm³/mol. The van der Waals surface area contributed by atoms with Gasteiger partial charge in [0.25, 0.3) is 0 Å². The summed E-state index contributed by atoms with van der Waals surface area (Å²) < 4.78 is 0. The lowest BCUT2D eigenvalue weighted by atomic mass is 10.1. The first-order valence-electron chi connectivity index (χ1n) is 6.75. The van der Waals surface area contributed by atoms with Crippen LogP contribution in [0, 0.1) is 5.92 Å². The number of amides is 1. The fourth-order valence-corrected chi connectivity index (χ4v) is 2.44. The van der Waals surface area contributed by atoms with Gasteiger partial charge in [0.2, 0.25) is 23.1 Å². The van der Waals surface area contributed by atoms with Crippen molar-refractivity contribution in [2.75, 3.05) is 36.0 Å². The van der Waals surface area contributed by atoms with Gasteiger partial charge in [-0.3, -0.25) is 4.79 Å². The van der Waals surface area contributed by atoms with Crippen LogP contribution in [-0.4, -0.2) is 47.0 Å². The molecule has 0 spiro atoms. The first-order chi connectivity index (χ1) is 9.55. The van der Waals surface area contributed by atoms with Crippen molar-refractivity contribution in [2.45, 2.75) is 20.3 Å². The number of primary amides is 1. The van der Waals surface area contributed by atoms with Crippen molar-refractivity contribution in [1.82, 2.24) is 15.0 Å². The molecule has 0 radical (unpaired) electrons. The van der Waals surface area contributed by atoms with E-state index in [0.29, 0.717) is 25.0 Å². The number of hydrogen-bond donors (Lipinski definition) is 1. The average molecular weight is 299 g/mol. The van der Waals surface area contributed by atoms with Crippen LogP contribution in [0.25, 0.3) is 0 Å². The monoisotopic (exact) mass is 298 g/mol. The molecule has 2 heterocycles. The van der Waals surface area contributed by atoms with E-state index in [-0.39, 0.29) is 17.1 Å². The molecule has 0 aliphatic carbocycles. The van der Waals surface area contributed by atoms with E-state index in [9.17, 15) is 4.79 Å². The molecule has 110 valence electrons. The number of anilines is 2. The van der Waals surface area contributed by atoms with E-state index in [4.69, 9.17) is 17.3 Å². The third-order valence-electron chi connectivity index (χ3n) is 3.50. The maximum Gasteiger partial charge on any atom is 0.231 e. The maximum atomic E-state index is 11.2. The molecule has 1 unspecified atom stereocenters. The SMILES string of the molecule is CCN(CC)c1nc(Cl)nc(N2CCC(C(N)=O)C2)n1. The molecule has 1 saturated heterocycles. The van der Waals surface area contributed by atoms with Gasteiger partial charge in [0.15, 0.2) is 0 Å². The Bertz CT molecular complexity index is 493. The van der Waals surface area contributed by atoms with Crippen molar-refractivity contribution in [2.24, 2.45) is 11.7 Å². The summed E-state index contributed by atoms with van der Waals surface area (Å²) in [7, 11) is 0. The van der Waals surface area contributed by atoms with Crippen LogP contribution < -0.4 is 15.5 Å². The Morgan fingerprint density at radius 2 is 2.10 bits per heavy atom. The van der Waals surface area contributed by atoms with Crippen molar-refractivity contribution < 1.29 is 4.79 Å². The maximum absolute atomic E-state index is 11.2. The van der Waals surface area contributed by atoms with Crippen molar-refractivity contribution in [3.05, 3.63) is 5.28 Å². The summed E-state index contributed by atoms with van der Waals surface area (Å²) in [6, 6.07) is 0. The highest BCUT2D eigenvalue weighted by Crippen LogP contribution is 2.23. The summed E-state index contributed by atoms with van der Waals surface area (Å²) in [5.74, 6) is 0.641. The molecule has 1 aliphatic heterocycles. The smallest absolute Gasteiger partial charge is 0.231 e. The molecule has 8 heteroatoms. The number of nitrogens with two attached hydrogens (primary N) is 1. The number of carbonyl (C=O) groups excluding carboxylic acids is 1. The molecule has 20 heavy (non-hydrogen) atoms. The van der Waals surface area contributed by atoms with E-state index in [0.717, 1.165) is 19.5 Å². The van der Waals surface area contributed by atoms with Crippen molar-refractivity contribution in [3.63, 3.8) is 0 Å². The predicted octanol–water partition coefficient (Wildman–Crippen LogP) is 0.683. The highest BCUT2D eigenvalue weighted by atomic mass is 35.5. The molecule has 1 amide bonds. The zero-order chi connectivity index (χ0) is 14.7. The summed E-state index contributed by atoms with van der Waals surface area (Å²) in [5, 5.41) is 0.166. The van der Waals surface area contributed by atoms with Crippen LogP contribution in [0.1, 0.15) is 20.3 Å². The van der Waals surface area contributed by atoms with Crippen LogP contribution in [-0.2, 0) is 4.79 Å². The molecule has 0 bridgehead atoms. The first kappa shape index (κ1) is 14.8. The Hall–Kier alpha value is -1.63. The molecule has 2 N–H and O–H groups in total. The normalized spacial score (nSPS) is 18.4. The molecule has 1 aromatic heterocycles. The largest absolute Gasteiger partial charge is 0.369 e. The third-order valence-corrected chi connectivity index (χ3v) is 3.67. The number of hydrogen-bond acceptors (Lipinski definition) is 6. The van der Waals surface area contributed by atoms with Gasteiger partial charge >= 0.3 is 0 Å². The number of aromatic nitrogens is 3. The lowest BCUT2D eigenvalue weighted by molar-refractivity contribution is -0.121. The van der Waals surface area contributed by atoms with E-state index in [2.05, 4.69) is 15.0 Å². The van der Waals surface area contributed by atoms with E-state index in [1.165, 1.54) is 0 Å². The van der Waals surface area contributed by atoms with Gasteiger partial charge < -0.3 is 15.5 Å². The molecular formula is C12H19ClN6O. The molecule has 7 nitrogen and oxygen atoms in total. The van der Waals surface area contributed by atoms with Crippen molar-refractivity contribution in [1.29, 1.82) is 0 Å². The molecule has 1 aromatic rings. The Kier molecular flexibility index (Phi) is 4.59. The molecular weight excluding hydrogens is 280 g/mol. The quantitative estimate of drug-likeness (QED) is 0.860. The second-order valence-electron chi connectivity index (χ2n) is 4.71. The average Bonchev–Trinajstić information content (AvgIpc) is 2.89. The van der Waals surface area contributed by atoms with Crippen LogP contribution in [0.2, 0.25) is 5.28 Å². The van der Waals surface area contributed by atoms with E-state index < -0.39 is 0 Å². The van der Waals surface area contributed by atoms with Crippen LogP contribution in [0.4, 0.5) is 11.9 Å². The second kappa shape index (κ2) is 6.21. The summed E-state index contributed by atoms with van der Waals surface area (Å²) in [4.78, 5) is 27.9. The van der Waals surface area contributed by atoms with Crippen LogP contribution >= 0.6 is 11.6 Å². The molecule has 2 rings (SSSR count). The Labute approximate surface area is 123 Å². The van der Waals surface area contributed by atoms with Crippen molar-refractivity contribution in [3.8, 4) is 0 Å².